The lowest BCUT2D eigenvalue weighted by Crippen LogP contribution is -2.39. The van der Waals surface area contributed by atoms with Crippen LogP contribution in [-0.2, 0) is 17.9 Å². The molecule has 128 valence electrons. The molecule has 2 fully saturated rings. The van der Waals surface area contributed by atoms with Crippen LogP contribution in [0.15, 0.2) is 24.4 Å². The van der Waals surface area contributed by atoms with Crippen LogP contribution in [0.1, 0.15) is 36.9 Å². The van der Waals surface area contributed by atoms with Crippen molar-refractivity contribution in [2.24, 2.45) is 5.92 Å². The second-order valence-electron chi connectivity index (χ2n) is 7.17. The van der Waals surface area contributed by atoms with E-state index in [0.29, 0.717) is 18.9 Å². The number of hydrogen-bond acceptors (Lipinski definition) is 5. The summed E-state index contributed by atoms with van der Waals surface area (Å²) in [7, 11) is 0. The van der Waals surface area contributed by atoms with E-state index in [1.54, 1.807) is 6.20 Å². The minimum Gasteiger partial charge on any atom is -0.356 e. The molecular formula is C19H21N5O. The highest BCUT2D eigenvalue weighted by Crippen LogP contribution is 2.36. The summed E-state index contributed by atoms with van der Waals surface area (Å²) < 4.78 is 0. The van der Waals surface area contributed by atoms with Gasteiger partial charge in [-0.1, -0.05) is 12.5 Å². The van der Waals surface area contributed by atoms with Gasteiger partial charge in [-0.25, -0.2) is 9.97 Å². The van der Waals surface area contributed by atoms with Crippen molar-refractivity contribution in [3.8, 4) is 11.5 Å². The maximum Gasteiger partial charge on any atom is 0.226 e. The average Bonchev–Trinajstić information content (AvgIpc) is 2.97. The molecule has 1 saturated carbocycles. The lowest BCUT2D eigenvalue weighted by Gasteiger charge is -2.33. The summed E-state index contributed by atoms with van der Waals surface area (Å²) in [5.74, 6) is 2.18. The molecule has 0 radical (unpaired) electrons. The molecular weight excluding hydrogens is 314 g/mol. The Labute approximate surface area is 146 Å². The number of carbonyl (C=O) groups excluding carboxylic acids is 1. The zero-order chi connectivity index (χ0) is 16.8. The highest BCUT2D eigenvalue weighted by Gasteiger charge is 2.36. The Morgan fingerprint density at radius 1 is 1.08 bits per heavy atom. The van der Waals surface area contributed by atoms with Gasteiger partial charge < -0.3 is 9.80 Å². The summed E-state index contributed by atoms with van der Waals surface area (Å²) in [6.45, 7) is 3.32. The van der Waals surface area contributed by atoms with E-state index in [2.05, 4.69) is 9.88 Å². The lowest BCUT2D eigenvalue weighted by atomic mass is 9.84. The van der Waals surface area contributed by atoms with Crippen molar-refractivity contribution in [1.29, 1.82) is 0 Å². The van der Waals surface area contributed by atoms with Gasteiger partial charge in [0.25, 0.3) is 0 Å². The predicted molar refractivity (Wildman–Crippen MR) is 93.7 cm³/mol. The molecule has 0 N–H and O–H groups in total. The number of amides is 1. The van der Waals surface area contributed by atoms with E-state index in [-0.39, 0.29) is 11.8 Å². The summed E-state index contributed by atoms with van der Waals surface area (Å²) in [4.78, 5) is 30.9. The Bertz CT molecular complexity index is 814. The molecule has 0 unspecified atom stereocenters. The van der Waals surface area contributed by atoms with E-state index in [1.807, 2.05) is 23.1 Å². The molecule has 2 aliphatic heterocycles. The van der Waals surface area contributed by atoms with Gasteiger partial charge >= 0.3 is 0 Å². The maximum atomic E-state index is 12.7. The van der Waals surface area contributed by atoms with E-state index >= 15 is 0 Å². The molecule has 4 heterocycles. The van der Waals surface area contributed by atoms with Crippen molar-refractivity contribution in [2.45, 2.75) is 38.8 Å². The van der Waals surface area contributed by atoms with Gasteiger partial charge in [0.2, 0.25) is 5.91 Å². The number of pyridine rings is 1. The summed E-state index contributed by atoms with van der Waals surface area (Å²) in [6, 6.07) is 5.79. The van der Waals surface area contributed by atoms with E-state index in [9.17, 15) is 4.79 Å². The third-order valence-corrected chi connectivity index (χ3v) is 5.58. The quantitative estimate of drug-likeness (QED) is 0.862. The third-order valence-electron chi connectivity index (χ3n) is 5.58. The Balaban J connectivity index is 1.51. The Morgan fingerprint density at radius 2 is 1.96 bits per heavy atom. The van der Waals surface area contributed by atoms with Gasteiger partial charge in [-0.05, 0) is 31.4 Å². The number of carbonyl (C=O) groups is 1. The standard InChI is InChI=1S/C19H21N5O/c25-19(13-5-3-6-13)24-11-14-16(12-24)21-17(15-7-1-2-8-20-15)22-18(14)23-9-4-10-23/h1-2,7-8,13H,3-6,9-12H2. The van der Waals surface area contributed by atoms with Crippen molar-refractivity contribution in [3.05, 3.63) is 35.7 Å². The number of nitrogens with zero attached hydrogens (tertiary/aromatic N) is 5. The molecule has 0 bridgehead atoms. The van der Waals surface area contributed by atoms with Crippen molar-refractivity contribution in [3.63, 3.8) is 0 Å². The van der Waals surface area contributed by atoms with Gasteiger partial charge in [0, 0.05) is 30.8 Å². The smallest absolute Gasteiger partial charge is 0.226 e. The van der Waals surface area contributed by atoms with Crippen LogP contribution in [0.3, 0.4) is 0 Å². The summed E-state index contributed by atoms with van der Waals surface area (Å²) in [6.07, 6.45) is 6.22. The summed E-state index contributed by atoms with van der Waals surface area (Å²) in [5.41, 5.74) is 2.91. The summed E-state index contributed by atoms with van der Waals surface area (Å²) in [5, 5.41) is 0. The first kappa shape index (κ1) is 14.8. The Hall–Kier alpha value is -2.50. The van der Waals surface area contributed by atoms with Crippen LogP contribution >= 0.6 is 0 Å². The largest absolute Gasteiger partial charge is 0.356 e. The minimum atomic E-state index is 0.227. The van der Waals surface area contributed by atoms with Crippen LogP contribution in [0, 0.1) is 5.92 Å². The van der Waals surface area contributed by atoms with Gasteiger partial charge in [-0.2, -0.15) is 0 Å². The molecule has 5 rings (SSSR count). The molecule has 0 atom stereocenters. The highest BCUT2D eigenvalue weighted by molar-refractivity contribution is 5.80. The fraction of sp³-hybridized carbons (Fsp3) is 0.474. The Morgan fingerprint density at radius 3 is 2.60 bits per heavy atom. The molecule has 6 heteroatoms. The topological polar surface area (TPSA) is 62.2 Å². The van der Waals surface area contributed by atoms with Crippen molar-refractivity contribution >= 4 is 11.7 Å². The second-order valence-corrected chi connectivity index (χ2v) is 7.17. The first-order valence-electron chi connectivity index (χ1n) is 9.14. The van der Waals surface area contributed by atoms with Gasteiger partial charge in [-0.3, -0.25) is 9.78 Å². The van der Waals surface area contributed by atoms with Crippen LogP contribution in [0.2, 0.25) is 0 Å². The van der Waals surface area contributed by atoms with Crippen LogP contribution < -0.4 is 4.90 Å². The van der Waals surface area contributed by atoms with Crippen LogP contribution in [0.4, 0.5) is 5.82 Å². The summed E-state index contributed by atoms with van der Waals surface area (Å²) >= 11 is 0. The molecule has 1 amide bonds. The number of hydrogen-bond donors (Lipinski definition) is 0. The fourth-order valence-corrected chi connectivity index (χ4v) is 3.71. The first-order valence-corrected chi connectivity index (χ1v) is 9.14. The minimum absolute atomic E-state index is 0.227. The number of fused-ring (bicyclic) bond motifs is 1. The molecule has 1 saturated heterocycles. The SMILES string of the molecule is O=C(C1CCC1)N1Cc2nc(-c3ccccn3)nc(N3CCC3)c2C1. The van der Waals surface area contributed by atoms with Crippen molar-refractivity contribution < 1.29 is 4.79 Å². The van der Waals surface area contributed by atoms with Crippen LogP contribution in [0.25, 0.3) is 11.5 Å². The highest BCUT2D eigenvalue weighted by atomic mass is 16.2. The zero-order valence-electron chi connectivity index (χ0n) is 14.2. The number of rotatable bonds is 3. The fourth-order valence-electron chi connectivity index (χ4n) is 3.71. The lowest BCUT2D eigenvalue weighted by molar-refractivity contribution is -0.138. The van der Waals surface area contributed by atoms with E-state index in [1.165, 1.54) is 12.8 Å². The molecule has 25 heavy (non-hydrogen) atoms. The van der Waals surface area contributed by atoms with Crippen molar-refractivity contribution in [1.82, 2.24) is 19.9 Å². The monoisotopic (exact) mass is 335 g/mol. The maximum absolute atomic E-state index is 12.7. The molecule has 3 aliphatic rings. The molecule has 2 aromatic heterocycles. The van der Waals surface area contributed by atoms with Gasteiger partial charge in [0.05, 0.1) is 18.8 Å². The van der Waals surface area contributed by atoms with Crippen LogP contribution in [-0.4, -0.2) is 38.8 Å². The third kappa shape index (κ3) is 2.47. The molecule has 1 aliphatic carbocycles. The number of aromatic nitrogens is 3. The molecule has 2 aromatic rings. The molecule has 0 spiro atoms. The zero-order valence-corrected chi connectivity index (χ0v) is 14.2. The average molecular weight is 335 g/mol. The molecule has 6 nitrogen and oxygen atoms in total. The van der Waals surface area contributed by atoms with Crippen LogP contribution in [0.5, 0.6) is 0 Å². The van der Waals surface area contributed by atoms with Crippen molar-refractivity contribution in [2.75, 3.05) is 18.0 Å². The van der Waals surface area contributed by atoms with E-state index < -0.39 is 0 Å². The van der Waals surface area contributed by atoms with Gasteiger partial charge in [-0.15, -0.1) is 0 Å². The normalized spacial score (nSPS) is 19.4. The number of anilines is 1. The first-order chi connectivity index (χ1) is 12.3. The van der Waals surface area contributed by atoms with E-state index in [4.69, 9.17) is 9.97 Å². The van der Waals surface area contributed by atoms with Gasteiger partial charge in [0.15, 0.2) is 5.82 Å². The predicted octanol–water partition coefficient (Wildman–Crippen LogP) is 2.39. The molecule has 0 aromatic carbocycles. The second kappa shape index (κ2) is 5.79. The van der Waals surface area contributed by atoms with E-state index in [0.717, 1.165) is 48.7 Å². The van der Waals surface area contributed by atoms with Gasteiger partial charge in [0.1, 0.15) is 11.5 Å². The Kier molecular flexibility index (Phi) is 3.43.